The van der Waals surface area contributed by atoms with E-state index in [1.54, 1.807) is 0 Å². The first-order valence-electron chi connectivity index (χ1n) is 8.32. The molecule has 0 aliphatic heterocycles. The Hall–Kier alpha value is -2.16. The highest BCUT2D eigenvalue weighted by Gasteiger charge is 2.16. The van der Waals surface area contributed by atoms with Crippen molar-refractivity contribution in [2.75, 3.05) is 13.2 Å². The van der Waals surface area contributed by atoms with Gasteiger partial charge in [0.1, 0.15) is 18.5 Å². The molecule has 0 aliphatic rings. The zero-order chi connectivity index (χ0) is 20.3. The summed E-state index contributed by atoms with van der Waals surface area (Å²) in [6, 6.07) is 6.17. The van der Waals surface area contributed by atoms with Crippen LogP contribution in [0.2, 0.25) is 0 Å². The number of ether oxygens (including phenoxy) is 1. The molecule has 0 saturated carbocycles. The second-order valence-corrected chi connectivity index (χ2v) is 6.18. The summed E-state index contributed by atoms with van der Waals surface area (Å²) in [6.45, 7) is 8.37. The number of carboxylic acids is 2. The normalized spacial score (nSPS) is 12.7. The number of rotatable bonds is 8. The Bertz CT molecular complexity index is 563. The smallest absolute Gasteiger partial charge is 0.414 e. The molecule has 0 fully saturated rings. The summed E-state index contributed by atoms with van der Waals surface area (Å²) in [7, 11) is 0. The van der Waals surface area contributed by atoms with Gasteiger partial charge in [-0.3, -0.25) is 0 Å². The lowest BCUT2D eigenvalue weighted by molar-refractivity contribution is -0.159. The number of hydrogen-bond acceptors (Lipinski definition) is 6. The molecule has 0 spiro atoms. The van der Waals surface area contributed by atoms with Gasteiger partial charge in [0.25, 0.3) is 0 Å². The number of carboxylic acid groups (broad SMARTS) is 2. The van der Waals surface area contributed by atoms with Crippen molar-refractivity contribution in [1.82, 2.24) is 5.32 Å². The fourth-order valence-electron chi connectivity index (χ4n) is 2.12. The molecule has 0 heterocycles. The molecule has 8 heteroatoms. The summed E-state index contributed by atoms with van der Waals surface area (Å²) >= 11 is 0. The van der Waals surface area contributed by atoms with E-state index in [4.69, 9.17) is 29.6 Å². The van der Waals surface area contributed by atoms with Crippen LogP contribution in [0.15, 0.2) is 18.2 Å². The number of carbonyl (C=O) groups is 2. The van der Waals surface area contributed by atoms with Crippen molar-refractivity contribution in [2.24, 2.45) is 0 Å². The first-order valence-corrected chi connectivity index (χ1v) is 8.32. The first-order chi connectivity index (χ1) is 12.1. The van der Waals surface area contributed by atoms with Crippen LogP contribution >= 0.6 is 0 Å². The van der Waals surface area contributed by atoms with E-state index in [1.165, 1.54) is 0 Å². The predicted molar refractivity (Wildman–Crippen MR) is 96.5 cm³/mol. The van der Waals surface area contributed by atoms with Crippen molar-refractivity contribution in [2.45, 2.75) is 52.3 Å². The van der Waals surface area contributed by atoms with Gasteiger partial charge >= 0.3 is 11.9 Å². The van der Waals surface area contributed by atoms with Crippen LogP contribution in [0.5, 0.6) is 5.75 Å². The molecule has 0 radical (unpaired) electrons. The van der Waals surface area contributed by atoms with Crippen molar-refractivity contribution >= 4 is 11.9 Å². The second kappa shape index (κ2) is 12.2. The lowest BCUT2D eigenvalue weighted by atomic mass is 10.1. The van der Waals surface area contributed by atoms with E-state index in [2.05, 4.69) is 5.32 Å². The molecule has 148 valence electrons. The molecule has 2 atom stereocenters. The lowest BCUT2D eigenvalue weighted by Gasteiger charge is -2.23. The third-order valence-electron chi connectivity index (χ3n) is 3.36. The average Bonchev–Trinajstić information content (AvgIpc) is 2.54. The summed E-state index contributed by atoms with van der Waals surface area (Å²) in [4.78, 5) is 18.2. The van der Waals surface area contributed by atoms with Crippen LogP contribution in [0.4, 0.5) is 0 Å². The fourth-order valence-corrected chi connectivity index (χ4v) is 2.12. The quantitative estimate of drug-likeness (QED) is 0.424. The van der Waals surface area contributed by atoms with Crippen molar-refractivity contribution in [3.05, 3.63) is 29.3 Å². The highest BCUT2D eigenvalue weighted by atomic mass is 16.5. The minimum Gasteiger partial charge on any atom is -0.491 e. The SMILES string of the molecule is Cc1ccc(OC[C@@H](O)[C@H](C)NC(C)C)c(CCO)c1.O=C(O)C(=O)O. The number of nitrogens with one attached hydrogen (secondary N) is 1. The Morgan fingerprint density at radius 3 is 2.19 bits per heavy atom. The molecular weight excluding hydrogens is 342 g/mol. The van der Waals surface area contributed by atoms with E-state index < -0.39 is 18.0 Å². The topological polar surface area (TPSA) is 136 Å². The fraction of sp³-hybridized carbons (Fsp3) is 0.556. The molecule has 1 aromatic carbocycles. The number of aliphatic hydroxyl groups is 2. The van der Waals surface area contributed by atoms with Gasteiger partial charge in [-0.05, 0) is 31.9 Å². The molecule has 5 N–H and O–H groups in total. The van der Waals surface area contributed by atoms with Crippen LogP contribution < -0.4 is 10.1 Å². The molecule has 26 heavy (non-hydrogen) atoms. The minimum atomic E-state index is -1.82. The van der Waals surface area contributed by atoms with Crippen LogP contribution in [0.25, 0.3) is 0 Å². The van der Waals surface area contributed by atoms with Crippen molar-refractivity contribution in [1.29, 1.82) is 0 Å². The molecule has 1 rings (SSSR count). The summed E-state index contributed by atoms with van der Waals surface area (Å²) in [5, 5.41) is 37.2. The third kappa shape index (κ3) is 9.97. The lowest BCUT2D eigenvalue weighted by Crippen LogP contribution is -2.43. The van der Waals surface area contributed by atoms with Crippen LogP contribution in [-0.2, 0) is 16.0 Å². The molecule has 8 nitrogen and oxygen atoms in total. The molecule has 0 aromatic heterocycles. The Morgan fingerprint density at radius 1 is 1.15 bits per heavy atom. The molecule has 0 saturated heterocycles. The van der Waals surface area contributed by atoms with E-state index in [0.717, 1.165) is 16.9 Å². The van der Waals surface area contributed by atoms with Crippen molar-refractivity contribution in [3.8, 4) is 5.75 Å². The number of aliphatic carboxylic acids is 2. The van der Waals surface area contributed by atoms with Gasteiger partial charge < -0.3 is 30.5 Å². The Labute approximate surface area is 153 Å². The van der Waals surface area contributed by atoms with Crippen LogP contribution in [0.3, 0.4) is 0 Å². The first kappa shape index (κ1) is 23.8. The molecule has 0 aliphatic carbocycles. The van der Waals surface area contributed by atoms with E-state index in [-0.39, 0.29) is 19.3 Å². The van der Waals surface area contributed by atoms with Gasteiger partial charge in [-0.25, -0.2) is 9.59 Å². The zero-order valence-electron chi connectivity index (χ0n) is 15.6. The monoisotopic (exact) mass is 371 g/mol. The molecular formula is C18H29NO7. The Kier molecular flexibility index (Phi) is 11.2. The van der Waals surface area contributed by atoms with Gasteiger partial charge in [0.2, 0.25) is 0 Å². The van der Waals surface area contributed by atoms with Gasteiger partial charge in [-0.1, -0.05) is 31.5 Å². The Balaban J connectivity index is 0.000000896. The van der Waals surface area contributed by atoms with Crippen LogP contribution in [0.1, 0.15) is 31.9 Å². The molecule has 0 unspecified atom stereocenters. The van der Waals surface area contributed by atoms with Gasteiger partial charge in [-0.15, -0.1) is 0 Å². The summed E-state index contributed by atoms with van der Waals surface area (Å²) in [6.07, 6.45) is -0.00641. The summed E-state index contributed by atoms with van der Waals surface area (Å²) in [5.74, 6) is -2.91. The number of aliphatic hydroxyl groups excluding tert-OH is 2. The van der Waals surface area contributed by atoms with Crippen molar-refractivity contribution < 1.29 is 34.8 Å². The number of benzene rings is 1. The number of hydrogen-bond donors (Lipinski definition) is 5. The van der Waals surface area contributed by atoms with Crippen molar-refractivity contribution in [3.63, 3.8) is 0 Å². The number of aryl methyl sites for hydroxylation is 1. The summed E-state index contributed by atoms with van der Waals surface area (Å²) in [5.41, 5.74) is 2.11. The van der Waals surface area contributed by atoms with Gasteiger partial charge in [0.05, 0.1) is 0 Å². The highest BCUT2D eigenvalue weighted by Crippen LogP contribution is 2.21. The van der Waals surface area contributed by atoms with E-state index >= 15 is 0 Å². The van der Waals surface area contributed by atoms with Gasteiger partial charge in [-0.2, -0.15) is 0 Å². The second-order valence-electron chi connectivity index (χ2n) is 6.18. The van der Waals surface area contributed by atoms with E-state index in [9.17, 15) is 5.11 Å². The molecule has 0 amide bonds. The molecule has 0 bridgehead atoms. The minimum absolute atomic E-state index is 0.0262. The predicted octanol–water partition coefficient (Wildman–Crippen LogP) is 0.812. The maximum Gasteiger partial charge on any atom is 0.414 e. The third-order valence-corrected chi connectivity index (χ3v) is 3.36. The Morgan fingerprint density at radius 2 is 1.73 bits per heavy atom. The van der Waals surface area contributed by atoms with E-state index in [1.807, 2.05) is 45.9 Å². The van der Waals surface area contributed by atoms with Gasteiger partial charge in [0, 0.05) is 18.7 Å². The van der Waals surface area contributed by atoms with Crippen LogP contribution in [-0.4, -0.2) is 63.8 Å². The van der Waals surface area contributed by atoms with E-state index in [0.29, 0.717) is 12.5 Å². The maximum absolute atomic E-state index is 10.1. The van der Waals surface area contributed by atoms with Crippen LogP contribution in [0, 0.1) is 6.92 Å². The average molecular weight is 371 g/mol. The highest BCUT2D eigenvalue weighted by molar-refractivity contribution is 6.27. The molecule has 1 aromatic rings. The standard InChI is InChI=1S/C16H27NO3.C2H2O4/c1-11(2)17-13(4)15(19)10-20-16-6-5-12(3)9-14(16)7-8-18;3-1(4)2(5)6/h5-6,9,11,13,15,17-19H,7-8,10H2,1-4H3;(H,3,4)(H,5,6)/t13-,15+;/m0./s1. The largest absolute Gasteiger partial charge is 0.491 e. The zero-order valence-corrected chi connectivity index (χ0v) is 15.6. The van der Waals surface area contributed by atoms with Gasteiger partial charge in [0.15, 0.2) is 0 Å². The maximum atomic E-state index is 10.1. The summed E-state index contributed by atoms with van der Waals surface area (Å²) < 4.78 is 5.71.